The smallest absolute Gasteiger partial charge is 0.252 e. The third-order valence-corrected chi connectivity index (χ3v) is 6.37. The largest absolute Gasteiger partial charge is 0.383 e. The second-order valence-electron chi connectivity index (χ2n) is 7.31. The van der Waals surface area contributed by atoms with Gasteiger partial charge in [-0.1, -0.05) is 6.07 Å². The molecule has 3 aromatic heterocycles. The summed E-state index contributed by atoms with van der Waals surface area (Å²) >= 11 is 1.72. The van der Waals surface area contributed by atoms with Crippen molar-refractivity contribution in [3.05, 3.63) is 58.4 Å². The molecule has 4 rings (SSSR count). The molecular weight excluding hydrogens is 384 g/mol. The van der Waals surface area contributed by atoms with Crippen LogP contribution in [-0.2, 0) is 11.2 Å². The molecule has 1 amide bonds. The predicted octanol–water partition coefficient (Wildman–Crippen LogP) is 2.74. The lowest BCUT2D eigenvalue weighted by Crippen LogP contribution is -2.47. The van der Waals surface area contributed by atoms with Crippen LogP contribution in [0, 0.1) is 0 Å². The molecule has 0 saturated carbocycles. The molecule has 4 heterocycles. The maximum Gasteiger partial charge on any atom is 0.252 e. The zero-order valence-electron chi connectivity index (χ0n) is 16.8. The van der Waals surface area contributed by atoms with Crippen molar-refractivity contribution in [3.63, 3.8) is 0 Å². The van der Waals surface area contributed by atoms with Gasteiger partial charge in [-0.25, -0.2) is 0 Å². The number of pyridine rings is 1. The molecule has 3 aromatic rings. The summed E-state index contributed by atoms with van der Waals surface area (Å²) in [5.74, 6) is 1.13. The van der Waals surface area contributed by atoms with Gasteiger partial charge in [0.05, 0.1) is 12.2 Å². The first-order chi connectivity index (χ1) is 14.2. The number of ether oxygens (including phenoxy) is 1. The Morgan fingerprint density at radius 3 is 2.72 bits per heavy atom. The van der Waals surface area contributed by atoms with E-state index in [1.54, 1.807) is 18.4 Å². The fraction of sp³-hybridized carbons (Fsp3) is 0.409. The molecule has 6 nitrogen and oxygen atoms in total. The number of carbonyl (C=O) groups excluding carboxylic acids is 1. The van der Waals surface area contributed by atoms with E-state index in [-0.39, 0.29) is 5.91 Å². The topological polar surface area (TPSA) is 49.2 Å². The van der Waals surface area contributed by atoms with Crippen molar-refractivity contribution in [2.45, 2.75) is 6.42 Å². The van der Waals surface area contributed by atoms with Crippen LogP contribution in [0.15, 0.2) is 48.0 Å². The first-order valence-electron chi connectivity index (χ1n) is 10.1. The standard InChI is InChI=1S/C22H28N4O2S/c1-28-15-14-24-10-12-25(13-11-24)21-7-6-19-5-4-18(17-26(19)21)22(27)23-9-8-20-3-2-16-29-20/h2-7,16-17H,8-15H2,1H3,(H,23,27). The number of aromatic nitrogens is 1. The van der Waals surface area contributed by atoms with Gasteiger partial charge in [-0.3, -0.25) is 9.69 Å². The predicted molar refractivity (Wildman–Crippen MR) is 118 cm³/mol. The number of hydrogen-bond donors (Lipinski definition) is 1. The highest BCUT2D eigenvalue weighted by atomic mass is 32.1. The Bertz CT molecular complexity index is 930. The van der Waals surface area contributed by atoms with Gasteiger partial charge in [-0.2, -0.15) is 0 Å². The summed E-state index contributed by atoms with van der Waals surface area (Å²) < 4.78 is 7.33. The number of fused-ring (bicyclic) bond motifs is 1. The number of thiophene rings is 1. The Hall–Kier alpha value is -2.35. The monoisotopic (exact) mass is 412 g/mol. The lowest BCUT2D eigenvalue weighted by Gasteiger charge is -2.35. The van der Waals surface area contributed by atoms with Crippen LogP contribution in [-0.4, -0.2) is 68.2 Å². The van der Waals surface area contributed by atoms with Crippen molar-refractivity contribution < 1.29 is 9.53 Å². The summed E-state index contributed by atoms with van der Waals surface area (Å²) in [6, 6.07) is 12.3. The van der Waals surface area contributed by atoms with E-state index in [0.29, 0.717) is 12.1 Å². The molecule has 0 unspecified atom stereocenters. The van der Waals surface area contributed by atoms with Crippen LogP contribution < -0.4 is 10.2 Å². The number of amides is 1. The molecule has 0 atom stereocenters. The van der Waals surface area contributed by atoms with Gasteiger partial charge in [0.15, 0.2) is 0 Å². The molecule has 7 heteroatoms. The molecule has 0 radical (unpaired) electrons. The number of nitrogens with zero attached hydrogens (tertiary/aromatic N) is 3. The van der Waals surface area contributed by atoms with Gasteiger partial charge in [0, 0.05) is 63.0 Å². The summed E-state index contributed by atoms with van der Waals surface area (Å²) in [6.45, 7) is 6.42. The molecule has 1 saturated heterocycles. The van der Waals surface area contributed by atoms with E-state index in [2.05, 4.69) is 43.1 Å². The van der Waals surface area contributed by atoms with Crippen LogP contribution >= 0.6 is 11.3 Å². The van der Waals surface area contributed by atoms with E-state index in [4.69, 9.17) is 4.74 Å². The summed E-state index contributed by atoms with van der Waals surface area (Å²) in [5, 5.41) is 5.11. The van der Waals surface area contributed by atoms with Crippen LogP contribution in [0.3, 0.4) is 0 Å². The molecule has 0 aliphatic carbocycles. The Kier molecular flexibility index (Phi) is 6.49. The molecule has 1 aliphatic heterocycles. The average molecular weight is 413 g/mol. The van der Waals surface area contributed by atoms with E-state index in [1.165, 1.54) is 4.88 Å². The van der Waals surface area contributed by atoms with E-state index >= 15 is 0 Å². The van der Waals surface area contributed by atoms with E-state index in [0.717, 1.165) is 57.1 Å². The summed E-state index contributed by atoms with van der Waals surface area (Å²) in [4.78, 5) is 18.7. The molecular formula is C22H28N4O2S. The van der Waals surface area contributed by atoms with Crippen molar-refractivity contribution in [1.82, 2.24) is 14.6 Å². The van der Waals surface area contributed by atoms with Gasteiger partial charge in [0.1, 0.15) is 5.82 Å². The molecule has 1 fully saturated rings. The zero-order valence-corrected chi connectivity index (χ0v) is 17.7. The Morgan fingerprint density at radius 1 is 1.14 bits per heavy atom. The van der Waals surface area contributed by atoms with Crippen molar-refractivity contribution in [2.75, 3.05) is 57.9 Å². The van der Waals surface area contributed by atoms with Gasteiger partial charge < -0.3 is 19.4 Å². The Labute approximate surface area is 175 Å². The average Bonchev–Trinajstić information content (AvgIpc) is 3.42. The van der Waals surface area contributed by atoms with Crippen molar-refractivity contribution in [2.24, 2.45) is 0 Å². The number of piperazine rings is 1. The first kappa shape index (κ1) is 19.9. The Morgan fingerprint density at radius 2 is 1.97 bits per heavy atom. The maximum absolute atomic E-state index is 12.6. The SMILES string of the molecule is COCCN1CCN(c2ccc3ccc(C(=O)NCCc4cccs4)cn23)CC1. The third-order valence-electron chi connectivity index (χ3n) is 5.44. The van der Waals surface area contributed by atoms with E-state index in [9.17, 15) is 4.79 Å². The molecule has 1 N–H and O–H groups in total. The van der Waals surface area contributed by atoms with Gasteiger partial charge in [0.25, 0.3) is 5.91 Å². The van der Waals surface area contributed by atoms with Crippen LogP contribution in [0.2, 0.25) is 0 Å². The van der Waals surface area contributed by atoms with E-state index in [1.807, 2.05) is 24.4 Å². The second kappa shape index (κ2) is 9.43. The number of hydrogen-bond acceptors (Lipinski definition) is 5. The minimum absolute atomic E-state index is 0.0208. The summed E-state index contributed by atoms with van der Waals surface area (Å²) in [6.07, 6.45) is 2.83. The number of nitrogens with one attached hydrogen (secondary N) is 1. The van der Waals surface area contributed by atoms with Crippen molar-refractivity contribution in [3.8, 4) is 0 Å². The summed E-state index contributed by atoms with van der Waals surface area (Å²) in [7, 11) is 1.75. The van der Waals surface area contributed by atoms with Gasteiger partial charge in [-0.05, 0) is 42.1 Å². The minimum Gasteiger partial charge on any atom is -0.383 e. The fourth-order valence-electron chi connectivity index (χ4n) is 3.76. The van der Waals surface area contributed by atoms with Gasteiger partial charge >= 0.3 is 0 Å². The van der Waals surface area contributed by atoms with Crippen molar-refractivity contribution >= 4 is 28.6 Å². The molecule has 0 spiro atoms. The van der Waals surface area contributed by atoms with Crippen molar-refractivity contribution in [1.29, 1.82) is 0 Å². The lowest BCUT2D eigenvalue weighted by atomic mass is 10.2. The quantitative estimate of drug-likeness (QED) is 0.618. The van der Waals surface area contributed by atoms with E-state index < -0.39 is 0 Å². The molecule has 0 bridgehead atoms. The van der Waals surface area contributed by atoms with Crippen LogP contribution in [0.4, 0.5) is 5.82 Å². The van der Waals surface area contributed by atoms with Gasteiger partial charge in [-0.15, -0.1) is 11.3 Å². The lowest BCUT2D eigenvalue weighted by molar-refractivity contribution is 0.0954. The fourth-order valence-corrected chi connectivity index (χ4v) is 4.46. The number of carbonyl (C=O) groups is 1. The van der Waals surface area contributed by atoms with Gasteiger partial charge in [0.2, 0.25) is 0 Å². The van der Waals surface area contributed by atoms with Crippen LogP contribution in [0.1, 0.15) is 15.2 Å². The Balaban J connectivity index is 1.40. The zero-order chi connectivity index (χ0) is 20.1. The van der Waals surface area contributed by atoms with Crippen LogP contribution in [0.5, 0.6) is 0 Å². The maximum atomic E-state index is 12.6. The molecule has 154 valence electrons. The molecule has 0 aromatic carbocycles. The number of methoxy groups -OCH3 is 1. The number of anilines is 1. The molecule has 29 heavy (non-hydrogen) atoms. The first-order valence-corrected chi connectivity index (χ1v) is 11.0. The second-order valence-corrected chi connectivity index (χ2v) is 8.34. The normalized spacial score (nSPS) is 15.1. The third kappa shape index (κ3) is 4.80. The highest BCUT2D eigenvalue weighted by Gasteiger charge is 2.19. The molecule has 1 aliphatic rings. The minimum atomic E-state index is -0.0208. The highest BCUT2D eigenvalue weighted by molar-refractivity contribution is 7.09. The summed E-state index contributed by atoms with van der Waals surface area (Å²) in [5.41, 5.74) is 1.80. The highest BCUT2D eigenvalue weighted by Crippen LogP contribution is 2.22. The van der Waals surface area contributed by atoms with Crippen LogP contribution in [0.25, 0.3) is 5.52 Å². The number of rotatable bonds is 8.